The van der Waals surface area contributed by atoms with Gasteiger partial charge >= 0.3 is 23.5 Å². The van der Waals surface area contributed by atoms with Gasteiger partial charge in [0.15, 0.2) is 22.8 Å². The smallest absolute Gasteiger partial charge is 0.386 e. The standard InChI is InChI=1S/C37H66N7O17P3S/c1-5-6-7-8-9-10-11-12-13-14-25(2)15-16-28(46)65-20-19-39-27(45)17-18-40-35(49)32(48)37(3,4)22-58-64(55,56)61-63(53,54)57-21-26-31(60-62(50,51)52)30(47)36(59-26)44-24-43-29-33(38)41-23-42-34(29)44/h23-26,30-32,36,47-48H,5-22H2,1-4H3,(H,39,45)(H,40,49)(H,53,54)(H,55,56)(H2,38,41,42)(H2,50,51,52). The number of anilines is 1. The summed E-state index contributed by atoms with van der Waals surface area (Å²) in [4.78, 5) is 88.5. The fourth-order valence-electron chi connectivity index (χ4n) is 6.68. The minimum absolute atomic E-state index is 0.0334. The molecule has 24 nitrogen and oxygen atoms in total. The summed E-state index contributed by atoms with van der Waals surface area (Å²) in [5.74, 6) is -0.556. The Morgan fingerprint density at radius 3 is 2.23 bits per heavy atom. The molecular formula is C37H66N7O17P3S. The average molecular weight is 1010 g/mol. The number of nitrogens with zero attached hydrogens (tertiary/aromatic N) is 4. The number of aromatic nitrogens is 4. The number of rotatable bonds is 32. The number of unbranched alkanes of at least 4 members (excludes halogenated alkanes) is 8. The van der Waals surface area contributed by atoms with Gasteiger partial charge in [-0.1, -0.05) is 104 Å². The lowest BCUT2D eigenvalue weighted by atomic mass is 9.87. The zero-order valence-corrected chi connectivity index (χ0v) is 40.6. The van der Waals surface area contributed by atoms with Crippen LogP contribution in [0.3, 0.4) is 0 Å². The summed E-state index contributed by atoms with van der Waals surface area (Å²) < 4.78 is 62.4. The van der Waals surface area contributed by atoms with E-state index in [-0.39, 0.29) is 41.6 Å². The number of imidazole rings is 1. The highest BCUT2D eigenvalue weighted by Crippen LogP contribution is 2.61. The van der Waals surface area contributed by atoms with Crippen molar-refractivity contribution in [3.05, 3.63) is 12.7 Å². The highest BCUT2D eigenvalue weighted by Gasteiger charge is 2.50. The number of ether oxygens (including phenoxy) is 1. The zero-order chi connectivity index (χ0) is 48.4. The number of phosphoric acid groups is 3. The van der Waals surface area contributed by atoms with Crippen LogP contribution in [0.5, 0.6) is 0 Å². The molecule has 3 rings (SSSR count). The molecule has 0 aromatic carbocycles. The second-order valence-corrected chi connectivity index (χ2v) is 21.9. The second-order valence-electron chi connectivity index (χ2n) is 16.6. The first-order chi connectivity index (χ1) is 30.4. The first-order valence-corrected chi connectivity index (χ1v) is 27.0. The lowest BCUT2D eigenvalue weighted by molar-refractivity contribution is -0.137. The predicted molar refractivity (Wildman–Crippen MR) is 237 cm³/mol. The van der Waals surface area contributed by atoms with Crippen LogP contribution in [0.15, 0.2) is 12.7 Å². The van der Waals surface area contributed by atoms with Crippen molar-refractivity contribution in [2.45, 2.75) is 142 Å². The molecule has 0 saturated carbocycles. The fourth-order valence-corrected chi connectivity index (χ4v) is 10.2. The highest BCUT2D eigenvalue weighted by molar-refractivity contribution is 8.13. The number of thioether (sulfide) groups is 1. The fraction of sp³-hybridized carbons (Fsp3) is 0.784. The number of nitrogen functional groups attached to an aromatic ring is 1. The molecule has 372 valence electrons. The summed E-state index contributed by atoms with van der Waals surface area (Å²) in [5, 5.41) is 26.7. The molecule has 0 aliphatic carbocycles. The van der Waals surface area contributed by atoms with Gasteiger partial charge < -0.3 is 50.9 Å². The molecule has 2 aromatic rings. The van der Waals surface area contributed by atoms with Crippen molar-refractivity contribution >= 4 is 69.1 Å². The zero-order valence-electron chi connectivity index (χ0n) is 37.1. The van der Waals surface area contributed by atoms with Gasteiger partial charge in [-0.15, -0.1) is 0 Å². The van der Waals surface area contributed by atoms with Gasteiger partial charge in [0.1, 0.15) is 36.3 Å². The number of nitrogens with one attached hydrogen (secondary N) is 2. The first kappa shape index (κ1) is 56.9. The summed E-state index contributed by atoms with van der Waals surface area (Å²) in [6.45, 7) is 4.96. The molecule has 1 saturated heterocycles. The molecule has 1 fully saturated rings. The van der Waals surface area contributed by atoms with Crippen LogP contribution in [0.4, 0.5) is 5.82 Å². The number of phosphoric ester groups is 3. The molecule has 1 aliphatic heterocycles. The molecule has 1 aliphatic rings. The molecule has 0 bridgehead atoms. The highest BCUT2D eigenvalue weighted by atomic mass is 32.2. The van der Waals surface area contributed by atoms with Crippen LogP contribution >= 0.6 is 35.2 Å². The van der Waals surface area contributed by atoms with Crippen molar-refractivity contribution < 1.29 is 80.5 Å². The van der Waals surface area contributed by atoms with E-state index in [1.54, 1.807) is 0 Å². The molecule has 2 amide bonds. The molecule has 28 heteroatoms. The monoisotopic (exact) mass is 1010 g/mol. The molecule has 8 atom stereocenters. The normalized spacial score (nSPS) is 20.8. The van der Waals surface area contributed by atoms with Crippen LogP contribution in [0.1, 0.15) is 117 Å². The molecular weight excluding hydrogens is 939 g/mol. The minimum Gasteiger partial charge on any atom is -0.386 e. The Kier molecular flexibility index (Phi) is 23.6. The van der Waals surface area contributed by atoms with Gasteiger partial charge in [0.25, 0.3) is 0 Å². The van der Waals surface area contributed by atoms with Crippen molar-refractivity contribution in [1.29, 1.82) is 0 Å². The number of amides is 2. The minimum atomic E-state index is -5.57. The van der Waals surface area contributed by atoms with E-state index in [2.05, 4.69) is 48.3 Å². The molecule has 10 N–H and O–H groups in total. The summed E-state index contributed by atoms with van der Waals surface area (Å²) >= 11 is 1.16. The number of carbonyl (C=O) groups is 3. The number of carbonyl (C=O) groups excluding carboxylic acids is 3. The number of fused-ring (bicyclic) bond motifs is 1. The van der Waals surface area contributed by atoms with E-state index in [9.17, 15) is 57.9 Å². The van der Waals surface area contributed by atoms with E-state index >= 15 is 0 Å². The summed E-state index contributed by atoms with van der Waals surface area (Å²) in [7, 11) is -16.4. The molecule has 3 heterocycles. The van der Waals surface area contributed by atoms with E-state index in [4.69, 9.17) is 19.5 Å². The Labute approximate surface area is 382 Å². The van der Waals surface area contributed by atoms with Crippen LogP contribution in [-0.4, -0.2) is 123 Å². The van der Waals surface area contributed by atoms with Crippen LogP contribution in [0, 0.1) is 11.3 Å². The first-order valence-electron chi connectivity index (χ1n) is 21.5. The summed E-state index contributed by atoms with van der Waals surface area (Å²) in [6, 6.07) is 0. The van der Waals surface area contributed by atoms with E-state index in [0.29, 0.717) is 18.1 Å². The van der Waals surface area contributed by atoms with Gasteiger partial charge in [-0.05, 0) is 12.3 Å². The van der Waals surface area contributed by atoms with Crippen molar-refractivity contribution in [1.82, 2.24) is 30.2 Å². The molecule has 65 heavy (non-hydrogen) atoms. The number of hydrogen-bond donors (Lipinski definition) is 9. The Bertz CT molecular complexity index is 1980. The van der Waals surface area contributed by atoms with Gasteiger partial charge in [0.05, 0.1) is 19.5 Å². The number of aliphatic hydroxyl groups is 2. The lowest BCUT2D eigenvalue weighted by Crippen LogP contribution is -2.46. The Morgan fingerprint density at radius 1 is 0.923 bits per heavy atom. The third-order valence-electron chi connectivity index (χ3n) is 10.4. The third-order valence-corrected chi connectivity index (χ3v) is 14.4. The second kappa shape index (κ2) is 26.9. The van der Waals surface area contributed by atoms with Crippen molar-refractivity contribution in [3.8, 4) is 0 Å². The SMILES string of the molecule is CCCCCCCCCCCC(C)CCC(=O)SCCNC(=O)CCNC(=O)C(O)C(C)(C)COP(=O)(O)OP(=O)(O)OCC1OC(n2cnc3c(N)ncnc32)C(O)C1OP(=O)(O)O. The van der Waals surface area contributed by atoms with Crippen molar-refractivity contribution in [2.24, 2.45) is 11.3 Å². The average Bonchev–Trinajstić information content (AvgIpc) is 3.79. The number of aliphatic hydroxyl groups excluding tert-OH is 2. The molecule has 0 radical (unpaired) electrons. The third kappa shape index (κ3) is 20.4. The van der Waals surface area contributed by atoms with E-state index in [0.717, 1.165) is 41.8 Å². The number of hydrogen-bond acceptors (Lipinski definition) is 18. The molecule has 0 spiro atoms. The van der Waals surface area contributed by atoms with E-state index in [1.165, 1.54) is 71.6 Å². The Morgan fingerprint density at radius 2 is 1.57 bits per heavy atom. The van der Waals surface area contributed by atoms with E-state index in [1.807, 2.05) is 0 Å². The molecule has 8 unspecified atom stereocenters. The Balaban J connectivity index is 1.35. The van der Waals surface area contributed by atoms with Gasteiger partial charge in [-0.3, -0.25) is 32.5 Å². The maximum absolute atomic E-state index is 12.7. The van der Waals surface area contributed by atoms with Gasteiger partial charge in [-0.25, -0.2) is 28.6 Å². The van der Waals surface area contributed by atoms with Gasteiger partial charge in [-0.2, -0.15) is 4.31 Å². The predicted octanol–water partition coefficient (Wildman–Crippen LogP) is 4.00. The van der Waals surface area contributed by atoms with Gasteiger partial charge in [0.2, 0.25) is 11.8 Å². The van der Waals surface area contributed by atoms with Crippen molar-refractivity contribution in [3.63, 3.8) is 0 Å². The maximum Gasteiger partial charge on any atom is 0.481 e. The van der Waals surface area contributed by atoms with Crippen LogP contribution in [0.2, 0.25) is 0 Å². The summed E-state index contributed by atoms with van der Waals surface area (Å²) in [6.07, 6.45) is 7.02. The number of nitrogens with two attached hydrogens (primary N) is 1. The lowest BCUT2D eigenvalue weighted by Gasteiger charge is -2.30. The topological polar surface area (TPSA) is 364 Å². The van der Waals surface area contributed by atoms with Crippen molar-refractivity contribution in [2.75, 3.05) is 37.8 Å². The maximum atomic E-state index is 12.7. The van der Waals surface area contributed by atoms with Gasteiger partial charge in [0, 0.05) is 37.1 Å². The quantitative estimate of drug-likeness (QED) is 0.0369. The van der Waals surface area contributed by atoms with Crippen LogP contribution in [-0.2, 0) is 50.7 Å². The molecule has 2 aromatic heterocycles. The van der Waals surface area contributed by atoms with Crippen LogP contribution < -0.4 is 16.4 Å². The van der Waals surface area contributed by atoms with Crippen LogP contribution in [0.25, 0.3) is 11.2 Å². The summed E-state index contributed by atoms with van der Waals surface area (Å²) in [5.41, 5.74) is 4.29. The largest absolute Gasteiger partial charge is 0.481 e. The van der Waals surface area contributed by atoms with E-state index < -0.39 is 84.6 Å². The Hall–Kier alpha value is -2.44.